The number of tetrazole rings is 1. The Labute approximate surface area is 229 Å². The number of H-pyrrole nitrogens is 1. The van der Waals surface area contributed by atoms with Crippen molar-refractivity contribution in [1.82, 2.24) is 30.1 Å². The topological polar surface area (TPSA) is 98.2 Å². The molecule has 9 heteroatoms. The van der Waals surface area contributed by atoms with Gasteiger partial charge >= 0.3 is 0 Å². The maximum absolute atomic E-state index is 13.2. The molecule has 1 saturated heterocycles. The molecule has 0 saturated carbocycles. The van der Waals surface area contributed by atoms with Crippen LogP contribution in [-0.2, 0) is 24.2 Å². The van der Waals surface area contributed by atoms with E-state index in [0.717, 1.165) is 61.3 Å². The lowest BCUT2D eigenvalue weighted by molar-refractivity contribution is 0.0893. The minimum Gasteiger partial charge on any atom is -0.494 e. The molecule has 2 atom stereocenters. The highest BCUT2D eigenvalue weighted by Crippen LogP contribution is 2.27. The number of hydrogen-bond donors (Lipinski definition) is 1. The van der Waals surface area contributed by atoms with Crippen LogP contribution >= 0.6 is 0 Å². The first-order chi connectivity index (χ1) is 19.0. The Kier molecular flexibility index (Phi) is 8.68. The fraction of sp³-hybridized carbons (Fsp3) is 0.467. The van der Waals surface area contributed by atoms with E-state index >= 15 is 0 Å². The number of ether oxygens (including phenoxy) is 2. The van der Waals surface area contributed by atoms with Gasteiger partial charge in [0.15, 0.2) is 5.82 Å². The van der Waals surface area contributed by atoms with Gasteiger partial charge < -0.3 is 14.5 Å². The van der Waals surface area contributed by atoms with Crippen molar-refractivity contribution in [2.45, 2.75) is 71.7 Å². The third-order valence-corrected chi connectivity index (χ3v) is 7.43. The highest BCUT2D eigenvalue weighted by atomic mass is 16.5. The summed E-state index contributed by atoms with van der Waals surface area (Å²) < 4.78 is 13.5. The Hall–Kier alpha value is -3.56. The van der Waals surface area contributed by atoms with Gasteiger partial charge in [0.25, 0.3) is 5.56 Å². The van der Waals surface area contributed by atoms with Crippen molar-refractivity contribution < 1.29 is 9.47 Å². The van der Waals surface area contributed by atoms with Crippen molar-refractivity contribution >= 4 is 10.9 Å². The van der Waals surface area contributed by atoms with Gasteiger partial charge in [0.2, 0.25) is 0 Å². The van der Waals surface area contributed by atoms with E-state index in [9.17, 15) is 4.79 Å². The molecule has 2 aromatic carbocycles. The van der Waals surface area contributed by atoms with Crippen LogP contribution in [-0.4, -0.2) is 56.0 Å². The zero-order valence-electron chi connectivity index (χ0n) is 23.1. The van der Waals surface area contributed by atoms with E-state index in [1.54, 1.807) is 0 Å². The zero-order valence-corrected chi connectivity index (χ0v) is 23.1. The van der Waals surface area contributed by atoms with E-state index in [1.165, 1.54) is 11.1 Å². The molecule has 2 aromatic heterocycles. The predicted molar refractivity (Wildman–Crippen MR) is 151 cm³/mol. The number of nitrogens with one attached hydrogen (secondary N) is 1. The lowest BCUT2D eigenvalue weighted by Gasteiger charge is -2.30. The summed E-state index contributed by atoms with van der Waals surface area (Å²) in [5.74, 6) is 1.60. The molecule has 9 nitrogen and oxygen atoms in total. The molecule has 0 radical (unpaired) electrons. The largest absolute Gasteiger partial charge is 0.494 e. The average molecular weight is 531 g/mol. The number of aryl methyl sites for hydroxylation is 1. The molecule has 3 heterocycles. The molecule has 0 spiro atoms. The molecule has 1 aliphatic rings. The second kappa shape index (κ2) is 12.5. The number of benzene rings is 2. The number of aromatic amines is 1. The summed E-state index contributed by atoms with van der Waals surface area (Å²) in [5.41, 5.74) is 3.93. The van der Waals surface area contributed by atoms with E-state index in [2.05, 4.69) is 63.5 Å². The Bertz CT molecular complexity index is 1440. The molecule has 206 valence electrons. The van der Waals surface area contributed by atoms with Crippen molar-refractivity contribution in [3.8, 4) is 5.75 Å². The van der Waals surface area contributed by atoms with E-state index < -0.39 is 0 Å². The molecular formula is C30H38N6O3. The second-order valence-corrected chi connectivity index (χ2v) is 10.3. The molecule has 0 bridgehead atoms. The highest BCUT2D eigenvalue weighted by Gasteiger charge is 2.27. The fourth-order valence-corrected chi connectivity index (χ4v) is 5.47. The Morgan fingerprint density at radius 1 is 1.21 bits per heavy atom. The molecule has 1 fully saturated rings. The number of fused-ring (bicyclic) bond motifs is 1. The second-order valence-electron chi connectivity index (χ2n) is 10.3. The molecule has 0 aliphatic carbocycles. The highest BCUT2D eigenvalue weighted by molar-refractivity contribution is 5.80. The van der Waals surface area contributed by atoms with Gasteiger partial charge in [-0.3, -0.25) is 9.69 Å². The summed E-state index contributed by atoms with van der Waals surface area (Å²) in [6.07, 6.45) is 3.88. The van der Waals surface area contributed by atoms with Crippen LogP contribution in [0.25, 0.3) is 10.9 Å². The molecule has 0 amide bonds. The van der Waals surface area contributed by atoms with Gasteiger partial charge in [-0.1, -0.05) is 36.8 Å². The lowest BCUT2D eigenvalue weighted by atomic mass is 10.1. The molecule has 39 heavy (non-hydrogen) atoms. The van der Waals surface area contributed by atoms with Crippen LogP contribution in [0.5, 0.6) is 5.75 Å². The molecule has 4 aromatic rings. The van der Waals surface area contributed by atoms with Crippen molar-refractivity contribution in [3.05, 3.63) is 81.4 Å². The van der Waals surface area contributed by atoms with Gasteiger partial charge in [0.05, 0.1) is 25.3 Å². The van der Waals surface area contributed by atoms with Crippen molar-refractivity contribution in [2.75, 3.05) is 19.8 Å². The molecule has 5 rings (SSSR count). The molecule has 1 aliphatic heterocycles. The van der Waals surface area contributed by atoms with Crippen LogP contribution in [0.15, 0.2) is 53.3 Å². The number of rotatable bonds is 12. The standard InChI is InChI=1S/C30H38N6O3/c1-4-28(29-32-33-34-36(29)20-26-10-7-15-39-26)35(14-13-22-9-6-8-21(3)16-22)19-24-17-23-18-25(38-5-2)11-12-27(23)31-30(24)37/h6,8-9,11-12,16-18,26,28H,4-5,7,10,13-15,19-20H2,1-3H3,(H,31,37)/t26-,28-/m1/s1. The van der Waals surface area contributed by atoms with Gasteiger partial charge in [-0.2, -0.15) is 0 Å². The number of hydrogen-bond acceptors (Lipinski definition) is 7. The summed E-state index contributed by atoms with van der Waals surface area (Å²) >= 11 is 0. The van der Waals surface area contributed by atoms with E-state index in [-0.39, 0.29) is 17.7 Å². The monoisotopic (exact) mass is 530 g/mol. The van der Waals surface area contributed by atoms with Gasteiger partial charge in [-0.15, -0.1) is 5.10 Å². The van der Waals surface area contributed by atoms with E-state index in [0.29, 0.717) is 25.3 Å². The summed E-state index contributed by atoms with van der Waals surface area (Å²) in [5, 5.41) is 13.8. The van der Waals surface area contributed by atoms with Crippen LogP contribution in [0.4, 0.5) is 0 Å². The smallest absolute Gasteiger partial charge is 0.252 e. The SMILES string of the molecule is CCOc1ccc2[nH]c(=O)c(CN(CCc3cccc(C)c3)[C@H](CC)c3nnnn3C[C@H]3CCCO3)cc2c1. The van der Waals surface area contributed by atoms with Crippen LogP contribution < -0.4 is 10.3 Å². The maximum Gasteiger partial charge on any atom is 0.252 e. The third kappa shape index (κ3) is 6.54. The first-order valence-corrected chi connectivity index (χ1v) is 14.0. The van der Waals surface area contributed by atoms with Gasteiger partial charge in [-0.05, 0) is 79.8 Å². The normalized spacial score (nSPS) is 16.3. The number of pyridine rings is 1. The van der Waals surface area contributed by atoms with Gasteiger partial charge in [0.1, 0.15) is 5.75 Å². The number of aromatic nitrogens is 5. The first-order valence-electron chi connectivity index (χ1n) is 14.0. The van der Waals surface area contributed by atoms with Gasteiger partial charge in [-0.25, -0.2) is 4.68 Å². The Balaban J connectivity index is 1.46. The van der Waals surface area contributed by atoms with Crippen LogP contribution in [0, 0.1) is 6.92 Å². The first kappa shape index (κ1) is 27.0. The summed E-state index contributed by atoms with van der Waals surface area (Å²) in [6, 6.07) is 16.3. The number of nitrogens with zero attached hydrogens (tertiary/aromatic N) is 5. The molecule has 0 unspecified atom stereocenters. The summed E-state index contributed by atoms with van der Waals surface area (Å²) in [4.78, 5) is 18.6. The summed E-state index contributed by atoms with van der Waals surface area (Å²) in [6.45, 7) is 9.47. The van der Waals surface area contributed by atoms with Gasteiger partial charge in [0, 0.05) is 36.2 Å². The Morgan fingerprint density at radius 2 is 2.10 bits per heavy atom. The van der Waals surface area contributed by atoms with Crippen LogP contribution in [0.1, 0.15) is 61.7 Å². The fourth-order valence-electron chi connectivity index (χ4n) is 5.47. The van der Waals surface area contributed by atoms with E-state index in [4.69, 9.17) is 9.47 Å². The zero-order chi connectivity index (χ0) is 27.2. The molecular weight excluding hydrogens is 492 g/mol. The lowest BCUT2D eigenvalue weighted by Crippen LogP contribution is -2.34. The average Bonchev–Trinajstić information content (AvgIpc) is 3.61. The van der Waals surface area contributed by atoms with Crippen LogP contribution in [0.2, 0.25) is 0 Å². The predicted octanol–water partition coefficient (Wildman–Crippen LogP) is 4.60. The van der Waals surface area contributed by atoms with Crippen molar-refractivity contribution in [1.29, 1.82) is 0 Å². The minimum atomic E-state index is -0.0824. The van der Waals surface area contributed by atoms with Crippen molar-refractivity contribution in [3.63, 3.8) is 0 Å². The third-order valence-electron chi connectivity index (χ3n) is 7.43. The van der Waals surface area contributed by atoms with Crippen LogP contribution in [0.3, 0.4) is 0 Å². The maximum atomic E-state index is 13.2. The summed E-state index contributed by atoms with van der Waals surface area (Å²) in [7, 11) is 0. The van der Waals surface area contributed by atoms with Crippen molar-refractivity contribution in [2.24, 2.45) is 0 Å². The van der Waals surface area contributed by atoms with E-state index in [1.807, 2.05) is 35.9 Å². The Morgan fingerprint density at radius 3 is 2.87 bits per heavy atom. The minimum absolute atomic E-state index is 0.0592. The quantitative estimate of drug-likeness (QED) is 0.286. The molecule has 1 N–H and O–H groups in total.